The third-order valence-electron chi connectivity index (χ3n) is 3.17. The van der Waals surface area contributed by atoms with Gasteiger partial charge in [-0.3, -0.25) is 11.3 Å². The van der Waals surface area contributed by atoms with Crippen molar-refractivity contribution in [3.63, 3.8) is 0 Å². The molecular weight excluding hydrogens is 283 g/mol. The SMILES string of the molecule is CCS(=O)(=O)CCCC(NN)c1ccc(F)c(OC)c1. The molecule has 0 aliphatic rings. The van der Waals surface area contributed by atoms with Gasteiger partial charge in [-0.05, 0) is 30.5 Å². The molecule has 0 amide bonds. The summed E-state index contributed by atoms with van der Waals surface area (Å²) in [7, 11) is -1.59. The van der Waals surface area contributed by atoms with Gasteiger partial charge in [-0.15, -0.1) is 0 Å². The highest BCUT2D eigenvalue weighted by Crippen LogP contribution is 2.25. The van der Waals surface area contributed by atoms with E-state index < -0.39 is 15.7 Å². The molecule has 1 aromatic rings. The molecule has 114 valence electrons. The van der Waals surface area contributed by atoms with Crippen molar-refractivity contribution in [2.24, 2.45) is 5.84 Å². The number of nitrogens with two attached hydrogens (primary N) is 1. The lowest BCUT2D eigenvalue weighted by molar-refractivity contribution is 0.384. The van der Waals surface area contributed by atoms with Gasteiger partial charge in [-0.2, -0.15) is 0 Å². The number of sulfone groups is 1. The van der Waals surface area contributed by atoms with Gasteiger partial charge in [0.1, 0.15) is 9.84 Å². The number of hydrogen-bond acceptors (Lipinski definition) is 5. The normalized spacial score (nSPS) is 13.2. The van der Waals surface area contributed by atoms with Gasteiger partial charge in [0.05, 0.1) is 12.9 Å². The molecule has 0 saturated heterocycles. The highest BCUT2D eigenvalue weighted by atomic mass is 32.2. The zero-order chi connectivity index (χ0) is 15.2. The second-order valence-corrected chi connectivity index (χ2v) is 6.96. The Hall–Kier alpha value is -1.18. The van der Waals surface area contributed by atoms with E-state index in [2.05, 4.69) is 5.43 Å². The molecule has 0 radical (unpaired) electrons. The van der Waals surface area contributed by atoms with Crippen molar-refractivity contribution < 1.29 is 17.5 Å². The fourth-order valence-corrected chi connectivity index (χ4v) is 2.79. The molecule has 0 spiro atoms. The van der Waals surface area contributed by atoms with Gasteiger partial charge in [-0.1, -0.05) is 13.0 Å². The summed E-state index contributed by atoms with van der Waals surface area (Å²) in [6.45, 7) is 1.62. The summed E-state index contributed by atoms with van der Waals surface area (Å²) < 4.78 is 41.1. The Labute approximate surface area is 119 Å². The van der Waals surface area contributed by atoms with Gasteiger partial charge >= 0.3 is 0 Å². The molecule has 7 heteroatoms. The van der Waals surface area contributed by atoms with Gasteiger partial charge < -0.3 is 4.74 Å². The summed E-state index contributed by atoms with van der Waals surface area (Å²) in [5, 5.41) is 0. The van der Waals surface area contributed by atoms with E-state index in [4.69, 9.17) is 10.6 Å². The van der Waals surface area contributed by atoms with Crippen molar-refractivity contribution in [3.05, 3.63) is 29.6 Å². The Balaban J connectivity index is 2.71. The Morgan fingerprint density at radius 2 is 2.15 bits per heavy atom. The maximum absolute atomic E-state index is 13.3. The topological polar surface area (TPSA) is 81.4 Å². The molecule has 1 unspecified atom stereocenters. The molecule has 0 fully saturated rings. The fraction of sp³-hybridized carbons (Fsp3) is 0.538. The number of hydrogen-bond donors (Lipinski definition) is 2. The second-order valence-electron chi connectivity index (χ2n) is 4.49. The van der Waals surface area contributed by atoms with Gasteiger partial charge in [0.2, 0.25) is 0 Å². The minimum atomic E-state index is -2.98. The van der Waals surface area contributed by atoms with Crippen LogP contribution >= 0.6 is 0 Å². The van der Waals surface area contributed by atoms with Crippen LogP contribution < -0.4 is 16.0 Å². The summed E-state index contributed by atoms with van der Waals surface area (Å²) in [5.41, 5.74) is 3.38. The van der Waals surface area contributed by atoms with Crippen molar-refractivity contribution in [2.75, 3.05) is 18.6 Å². The Morgan fingerprint density at radius 1 is 1.45 bits per heavy atom. The predicted molar refractivity (Wildman–Crippen MR) is 76.6 cm³/mol. The van der Waals surface area contributed by atoms with Crippen LogP contribution in [0.2, 0.25) is 0 Å². The average Bonchev–Trinajstić information content (AvgIpc) is 2.44. The van der Waals surface area contributed by atoms with Crippen LogP contribution in [0.25, 0.3) is 0 Å². The minimum Gasteiger partial charge on any atom is -0.494 e. The molecule has 5 nitrogen and oxygen atoms in total. The van der Waals surface area contributed by atoms with Gasteiger partial charge in [0, 0.05) is 11.8 Å². The van der Waals surface area contributed by atoms with E-state index in [-0.39, 0.29) is 23.3 Å². The van der Waals surface area contributed by atoms with Crippen LogP contribution in [0.5, 0.6) is 5.75 Å². The molecule has 0 bridgehead atoms. The highest BCUT2D eigenvalue weighted by molar-refractivity contribution is 7.91. The van der Waals surface area contributed by atoms with Crippen molar-refractivity contribution in [1.82, 2.24) is 5.43 Å². The number of halogens is 1. The largest absolute Gasteiger partial charge is 0.494 e. The standard InChI is InChI=1S/C13H21FN2O3S/c1-3-20(17,18)8-4-5-12(16-15)10-6-7-11(14)13(9-10)19-2/h6-7,9,12,16H,3-5,8,15H2,1-2H3. The Bertz CT molecular complexity index is 534. The van der Waals surface area contributed by atoms with Crippen LogP contribution in [-0.2, 0) is 9.84 Å². The van der Waals surface area contributed by atoms with Crippen molar-refractivity contribution in [3.8, 4) is 5.75 Å². The van der Waals surface area contributed by atoms with Gasteiger partial charge in [-0.25, -0.2) is 12.8 Å². The van der Waals surface area contributed by atoms with E-state index >= 15 is 0 Å². The molecule has 0 aliphatic heterocycles. The fourth-order valence-electron chi connectivity index (χ4n) is 1.89. The number of rotatable bonds is 8. The van der Waals surface area contributed by atoms with Crippen molar-refractivity contribution >= 4 is 9.84 Å². The summed E-state index contributed by atoms with van der Waals surface area (Å²) in [6.07, 6.45) is 1.04. The number of benzene rings is 1. The molecule has 1 atom stereocenters. The van der Waals surface area contributed by atoms with E-state index in [1.807, 2.05) is 0 Å². The summed E-state index contributed by atoms with van der Waals surface area (Å²) in [5.74, 6) is 5.44. The first-order valence-corrected chi connectivity index (χ1v) is 8.25. The molecule has 3 N–H and O–H groups in total. The quantitative estimate of drug-likeness (QED) is 0.562. The predicted octanol–water partition coefficient (Wildman–Crippen LogP) is 1.55. The number of methoxy groups -OCH3 is 1. The summed E-state index contributed by atoms with van der Waals surface area (Å²) >= 11 is 0. The Morgan fingerprint density at radius 3 is 2.70 bits per heavy atom. The molecule has 1 aromatic carbocycles. The van der Waals surface area contributed by atoms with Crippen LogP contribution in [0.1, 0.15) is 31.4 Å². The maximum atomic E-state index is 13.3. The molecule has 0 heterocycles. The van der Waals surface area contributed by atoms with Crippen molar-refractivity contribution in [2.45, 2.75) is 25.8 Å². The van der Waals surface area contributed by atoms with E-state index in [1.54, 1.807) is 19.1 Å². The molecule has 20 heavy (non-hydrogen) atoms. The smallest absolute Gasteiger partial charge is 0.165 e. The van der Waals surface area contributed by atoms with Crippen molar-refractivity contribution in [1.29, 1.82) is 0 Å². The minimum absolute atomic E-state index is 0.125. The van der Waals surface area contributed by atoms with E-state index in [0.717, 1.165) is 5.56 Å². The van der Waals surface area contributed by atoms with E-state index in [0.29, 0.717) is 12.8 Å². The lowest BCUT2D eigenvalue weighted by atomic mass is 10.0. The monoisotopic (exact) mass is 304 g/mol. The first-order chi connectivity index (χ1) is 9.43. The lowest BCUT2D eigenvalue weighted by Gasteiger charge is -2.17. The second kappa shape index (κ2) is 7.56. The summed E-state index contributed by atoms with van der Waals surface area (Å²) in [6, 6.07) is 4.24. The maximum Gasteiger partial charge on any atom is 0.165 e. The van der Waals surface area contributed by atoms with E-state index in [1.165, 1.54) is 13.2 Å². The number of nitrogens with one attached hydrogen (secondary N) is 1. The van der Waals surface area contributed by atoms with Crippen LogP contribution in [-0.4, -0.2) is 27.0 Å². The highest BCUT2D eigenvalue weighted by Gasteiger charge is 2.14. The zero-order valence-corrected chi connectivity index (χ0v) is 12.5. The van der Waals surface area contributed by atoms with Crippen LogP contribution in [0.3, 0.4) is 0 Å². The molecule has 0 aliphatic carbocycles. The first kappa shape index (κ1) is 16.9. The third kappa shape index (κ3) is 4.73. The average molecular weight is 304 g/mol. The first-order valence-electron chi connectivity index (χ1n) is 6.43. The molecule has 1 rings (SSSR count). The molecule has 0 aromatic heterocycles. The number of ether oxygens (including phenoxy) is 1. The molecular formula is C13H21FN2O3S. The molecule has 0 saturated carbocycles. The third-order valence-corrected chi connectivity index (χ3v) is 4.96. The van der Waals surface area contributed by atoms with E-state index in [9.17, 15) is 12.8 Å². The van der Waals surface area contributed by atoms with Crippen LogP contribution in [0.15, 0.2) is 18.2 Å². The Kier molecular flexibility index (Phi) is 6.38. The van der Waals surface area contributed by atoms with Gasteiger partial charge in [0.15, 0.2) is 11.6 Å². The zero-order valence-electron chi connectivity index (χ0n) is 11.7. The lowest BCUT2D eigenvalue weighted by Crippen LogP contribution is -2.28. The van der Waals surface area contributed by atoms with Crippen LogP contribution in [0.4, 0.5) is 4.39 Å². The van der Waals surface area contributed by atoms with Crippen LogP contribution in [0, 0.1) is 5.82 Å². The van der Waals surface area contributed by atoms with Gasteiger partial charge in [0.25, 0.3) is 0 Å². The summed E-state index contributed by atoms with van der Waals surface area (Å²) in [4.78, 5) is 0. The number of hydrazine groups is 1.